The van der Waals surface area contributed by atoms with Crippen molar-refractivity contribution >= 4 is 46.3 Å². The topological polar surface area (TPSA) is 65.3 Å². The van der Waals surface area contributed by atoms with Crippen LogP contribution in [-0.2, 0) is 11.2 Å². The lowest BCUT2D eigenvalue weighted by molar-refractivity contribution is 0.0394. The van der Waals surface area contributed by atoms with Gasteiger partial charge in [0.15, 0.2) is 5.96 Å². The fraction of sp³-hybridized carbons (Fsp3) is 0.591. The number of thiophene rings is 1. The number of hydrogen-bond acceptors (Lipinski definition) is 6. The number of hydrogen-bond donors (Lipinski definition) is 2. The standard InChI is InChI=1S/C22H33N5O2S.HI/c1-3-20(29-15-1)5-8-23-22(24-9-12-26-13-16-28-17-14-26)25-19-6-10-27(11-7-19)21-4-2-18-30-21;/h1-4,15,18-19H,5-14,16-17H2,(H2,23,24,25);1H. The SMILES string of the molecule is I.c1coc(CCNC(=NCCN2CCOCC2)NC2CCN(c3cccs3)CC2)c1. The summed E-state index contributed by atoms with van der Waals surface area (Å²) in [5.74, 6) is 1.92. The van der Waals surface area contributed by atoms with Gasteiger partial charge >= 0.3 is 0 Å². The molecule has 4 rings (SSSR count). The van der Waals surface area contributed by atoms with E-state index >= 15 is 0 Å². The van der Waals surface area contributed by atoms with Gasteiger partial charge in [0.05, 0.1) is 31.0 Å². The summed E-state index contributed by atoms with van der Waals surface area (Å²) in [4.78, 5) is 9.78. The van der Waals surface area contributed by atoms with Crippen molar-refractivity contribution < 1.29 is 9.15 Å². The zero-order valence-corrected chi connectivity index (χ0v) is 21.1. The third kappa shape index (κ3) is 7.96. The van der Waals surface area contributed by atoms with Gasteiger partial charge in [0.1, 0.15) is 5.76 Å². The number of piperidine rings is 1. The molecule has 2 aliphatic rings. The van der Waals surface area contributed by atoms with Crippen LogP contribution in [0.15, 0.2) is 45.3 Å². The van der Waals surface area contributed by atoms with Crippen molar-refractivity contribution in [3.8, 4) is 0 Å². The number of nitrogens with one attached hydrogen (secondary N) is 2. The molecule has 31 heavy (non-hydrogen) atoms. The molecule has 0 aromatic carbocycles. The normalized spacial score (nSPS) is 18.6. The molecule has 0 amide bonds. The van der Waals surface area contributed by atoms with Crippen LogP contribution in [0.3, 0.4) is 0 Å². The van der Waals surface area contributed by atoms with Crippen LogP contribution in [0.5, 0.6) is 0 Å². The first-order chi connectivity index (χ1) is 14.9. The van der Waals surface area contributed by atoms with Crippen LogP contribution < -0.4 is 15.5 Å². The molecule has 7 nitrogen and oxygen atoms in total. The van der Waals surface area contributed by atoms with E-state index < -0.39 is 0 Å². The molecule has 2 fully saturated rings. The molecular formula is C22H34IN5O2S. The first kappa shape index (κ1) is 24.3. The van der Waals surface area contributed by atoms with Crippen LogP contribution in [0.2, 0.25) is 0 Å². The molecule has 172 valence electrons. The lowest BCUT2D eigenvalue weighted by Crippen LogP contribution is -2.49. The van der Waals surface area contributed by atoms with Crippen molar-refractivity contribution in [2.45, 2.75) is 25.3 Å². The van der Waals surface area contributed by atoms with Gasteiger partial charge < -0.3 is 24.7 Å². The molecule has 9 heteroatoms. The first-order valence-corrected chi connectivity index (χ1v) is 11.9. The van der Waals surface area contributed by atoms with Crippen molar-refractivity contribution in [1.82, 2.24) is 15.5 Å². The molecule has 0 radical (unpaired) electrons. The summed E-state index contributed by atoms with van der Waals surface area (Å²) in [7, 11) is 0. The summed E-state index contributed by atoms with van der Waals surface area (Å²) < 4.78 is 10.9. The number of nitrogens with zero attached hydrogens (tertiary/aromatic N) is 3. The summed E-state index contributed by atoms with van der Waals surface area (Å²) >= 11 is 1.83. The second kappa shape index (κ2) is 13.3. The largest absolute Gasteiger partial charge is 0.469 e. The van der Waals surface area contributed by atoms with Gasteiger partial charge in [0, 0.05) is 51.7 Å². The van der Waals surface area contributed by atoms with Crippen LogP contribution in [0.25, 0.3) is 0 Å². The summed E-state index contributed by atoms with van der Waals surface area (Å²) in [6.45, 7) is 8.44. The van der Waals surface area contributed by atoms with E-state index in [2.05, 4.69) is 37.9 Å². The maximum absolute atomic E-state index is 5.45. The molecule has 2 saturated heterocycles. The Hall–Kier alpha value is -1.30. The highest BCUT2D eigenvalue weighted by atomic mass is 127. The number of furan rings is 1. The summed E-state index contributed by atoms with van der Waals surface area (Å²) in [5, 5.41) is 10.7. The average Bonchev–Trinajstić information content (AvgIpc) is 3.49. The van der Waals surface area contributed by atoms with Gasteiger partial charge in [0.2, 0.25) is 0 Å². The van der Waals surface area contributed by atoms with Crippen LogP contribution >= 0.6 is 35.3 Å². The first-order valence-electron chi connectivity index (χ1n) is 11.0. The van der Waals surface area contributed by atoms with Crippen LogP contribution in [-0.4, -0.2) is 75.9 Å². The predicted octanol–water partition coefficient (Wildman–Crippen LogP) is 3.04. The van der Waals surface area contributed by atoms with E-state index in [0.717, 1.165) is 90.0 Å². The van der Waals surface area contributed by atoms with Gasteiger partial charge in [-0.25, -0.2) is 0 Å². The molecule has 2 aromatic heterocycles. The lowest BCUT2D eigenvalue weighted by atomic mass is 10.1. The highest BCUT2D eigenvalue weighted by molar-refractivity contribution is 14.0. The minimum absolute atomic E-state index is 0. The maximum Gasteiger partial charge on any atom is 0.191 e. The van der Waals surface area contributed by atoms with E-state index in [9.17, 15) is 0 Å². The molecule has 0 atom stereocenters. The predicted molar refractivity (Wildman–Crippen MR) is 138 cm³/mol. The monoisotopic (exact) mass is 559 g/mol. The van der Waals surface area contributed by atoms with E-state index in [1.54, 1.807) is 6.26 Å². The molecule has 0 unspecified atom stereocenters. The molecule has 2 aromatic rings. The minimum atomic E-state index is 0. The van der Waals surface area contributed by atoms with Crippen molar-refractivity contribution in [3.05, 3.63) is 41.7 Å². The quantitative estimate of drug-likeness (QED) is 0.295. The maximum atomic E-state index is 5.45. The van der Waals surface area contributed by atoms with Gasteiger partial charge in [-0.15, -0.1) is 35.3 Å². The second-order valence-corrected chi connectivity index (χ2v) is 8.72. The average molecular weight is 560 g/mol. The summed E-state index contributed by atoms with van der Waals surface area (Å²) in [5.41, 5.74) is 0. The van der Waals surface area contributed by atoms with Crippen LogP contribution in [0.4, 0.5) is 5.00 Å². The molecule has 2 N–H and O–H groups in total. The number of rotatable bonds is 8. The third-order valence-electron chi connectivity index (χ3n) is 5.69. The molecule has 0 aliphatic carbocycles. The second-order valence-electron chi connectivity index (χ2n) is 7.80. The number of morpholine rings is 1. The molecule has 4 heterocycles. The Morgan fingerprint density at radius 3 is 2.68 bits per heavy atom. The highest BCUT2D eigenvalue weighted by Crippen LogP contribution is 2.24. The summed E-state index contributed by atoms with van der Waals surface area (Å²) in [6.07, 6.45) is 4.83. The zero-order chi connectivity index (χ0) is 20.4. The highest BCUT2D eigenvalue weighted by Gasteiger charge is 2.21. The number of aliphatic imine (C=N–C) groups is 1. The Bertz CT molecular complexity index is 742. The molecule has 0 bridgehead atoms. The van der Waals surface area contributed by atoms with Crippen LogP contribution in [0.1, 0.15) is 18.6 Å². The van der Waals surface area contributed by atoms with E-state index in [4.69, 9.17) is 14.1 Å². The van der Waals surface area contributed by atoms with Gasteiger partial charge in [0.25, 0.3) is 0 Å². The number of guanidine groups is 1. The van der Waals surface area contributed by atoms with E-state index in [-0.39, 0.29) is 24.0 Å². The van der Waals surface area contributed by atoms with Crippen molar-refractivity contribution in [1.29, 1.82) is 0 Å². The Labute approximate surface area is 206 Å². The molecular weight excluding hydrogens is 525 g/mol. The Morgan fingerprint density at radius 2 is 1.97 bits per heavy atom. The fourth-order valence-electron chi connectivity index (χ4n) is 3.93. The zero-order valence-electron chi connectivity index (χ0n) is 18.0. The van der Waals surface area contributed by atoms with Gasteiger partial charge in [-0.3, -0.25) is 9.89 Å². The van der Waals surface area contributed by atoms with Gasteiger partial charge in [-0.2, -0.15) is 0 Å². The Kier molecular flexibility index (Phi) is 10.4. The number of halogens is 1. The Morgan fingerprint density at radius 1 is 1.13 bits per heavy atom. The minimum Gasteiger partial charge on any atom is -0.469 e. The van der Waals surface area contributed by atoms with Crippen molar-refractivity contribution in [2.75, 3.05) is 63.9 Å². The third-order valence-corrected chi connectivity index (χ3v) is 6.62. The fourth-order valence-corrected chi connectivity index (χ4v) is 4.71. The number of ether oxygens (including phenoxy) is 1. The molecule has 2 aliphatic heterocycles. The number of anilines is 1. The van der Waals surface area contributed by atoms with Crippen molar-refractivity contribution in [3.63, 3.8) is 0 Å². The smallest absolute Gasteiger partial charge is 0.191 e. The van der Waals surface area contributed by atoms with E-state index in [1.807, 2.05) is 23.5 Å². The summed E-state index contributed by atoms with van der Waals surface area (Å²) in [6, 6.07) is 8.76. The lowest BCUT2D eigenvalue weighted by Gasteiger charge is -2.33. The van der Waals surface area contributed by atoms with Gasteiger partial charge in [-0.1, -0.05) is 0 Å². The van der Waals surface area contributed by atoms with E-state index in [0.29, 0.717) is 6.04 Å². The Balaban J connectivity index is 0.00000272. The van der Waals surface area contributed by atoms with Gasteiger partial charge in [-0.05, 0) is 42.5 Å². The molecule has 0 saturated carbocycles. The molecule has 0 spiro atoms. The van der Waals surface area contributed by atoms with Crippen molar-refractivity contribution in [2.24, 2.45) is 4.99 Å². The van der Waals surface area contributed by atoms with E-state index in [1.165, 1.54) is 5.00 Å². The van der Waals surface area contributed by atoms with Crippen LogP contribution in [0, 0.1) is 0 Å².